The Bertz CT molecular complexity index is 880. The lowest BCUT2D eigenvalue weighted by Gasteiger charge is -2.04. The lowest BCUT2D eigenvalue weighted by atomic mass is 10.0. The summed E-state index contributed by atoms with van der Waals surface area (Å²) in [6, 6.07) is 9.62. The predicted octanol–water partition coefficient (Wildman–Crippen LogP) is 3.39. The molecule has 3 aromatic rings. The fourth-order valence-corrected chi connectivity index (χ4v) is 2.38. The van der Waals surface area contributed by atoms with Crippen molar-refractivity contribution in [3.05, 3.63) is 68.1 Å². The van der Waals surface area contributed by atoms with Gasteiger partial charge in [0.1, 0.15) is 0 Å². The molecule has 0 saturated carbocycles. The Hall–Kier alpha value is -2.04. The van der Waals surface area contributed by atoms with Gasteiger partial charge >= 0.3 is 5.69 Å². The summed E-state index contributed by atoms with van der Waals surface area (Å²) in [7, 11) is 0. The van der Waals surface area contributed by atoms with Crippen molar-refractivity contribution in [1.29, 1.82) is 0 Å². The van der Waals surface area contributed by atoms with E-state index in [0.29, 0.717) is 32.2 Å². The van der Waals surface area contributed by atoms with Gasteiger partial charge in [-0.05, 0) is 36.4 Å². The average molecular weight is 307 g/mol. The first kappa shape index (κ1) is 13.0. The van der Waals surface area contributed by atoms with Crippen LogP contribution in [-0.2, 0) is 0 Å². The zero-order chi connectivity index (χ0) is 14.3. The molecule has 100 valence electrons. The Morgan fingerprint density at radius 2 is 1.70 bits per heavy atom. The highest BCUT2D eigenvalue weighted by Crippen LogP contribution is 2.24. The molecular weight excluding hydrogens is 299 g/mol. The number of benzene rings is 2. The summed E-state index contributed by atoms with van der Waals surface area (Å²) in [5.74, 6) is -0.249. The van der Waals surface area contributed by atoms with Gasteiger partial charge in [0.15, 0.2) is 5.78 Å². The standard InChI is InChI=1S/C14H8Cl2N2O2/c15-8-2-3-10(16)9(6-8)13(19)7-1-4-11-12(5-7)18-14(20)17-11/h1-6H,(H2,17,18,20). The minimum atomic E-state index is -0.314. The Morgan fingerprint density at radius 3 is 2.50 bits per heavy atom. The monoisotopic (exact) mass is 306 g/mol. The second-order valence-electron chi connectivity index (χ2n) is 4.29. The molecule has 0 fully saturated rings. The minimum absolute atomic E-state index is 0.249. The molecule has 2 aromatic carbocycles. The van der Waals surface area contributed by atoms with Crippen LogP contribution in [0.5, 0.6) is 0 Å². The van der Waals surface area contributed by atoms with E-state index in [1.165, 1.54) is 6.07 Å². The lowest BCUT2D eigenvalue weighted by Crippen LogP contribution is -2.02. The molecule has 0 saturated heterocycles. The third-order valence-electron chi connectivity index (χ3n) is 2.95. The molecule has 0 aliphatic carbocycles. The molecule has 6 heteroatoms. The first-order valence-electron chi connectivity index (χ1n) is 5.76. The number of carbonyl (C=O) groups is 1. The number of aromatic nitrogens is 2. The van der Waals surface area contributed by atoms with Crippen LogP contribution < -0.4 is 5.69 Å². The van der Waals surface area contributed by atoms with E-state index in [2.05, 4.69) is 9.97 Å². The number of carbonyl (C=O) groups excluding carboxylic acids is 1. The number of aromatic amines is 2. The Morgan fingerprint density at radius 1 is 0.950 bits per heavy atom. The normalized spacial score (nSPS) is 10.9. The summed E-state index contributed by atoms with van der Waals surface area (Å²) in [5, 5.41) is 0.774. The quantitative estimate of drug-likeness (QED) is 0.713. The Labute approximate surface area is 123 Å². The third kappa shape index (κ3) is 2.24. The Balaban J connectivity index is 2.12. The Kier molecular flexibility index (Phi) is 3.12. The maximum absolute atomic E-state index is 12.4. The van der Waals surface area contributed by atoms with Crippen molar-refractivity contribution in [2.45, 2.75) is 0 Å². The molecule has 0 aliphatic heterocycles. The van der Waals surface area contributed by atoms with Crippen molar-refractivity contribution < 1.29 is 4.79 Å². The molecule has 20 heavy (non-hydrogen) atoms. The maximum atomic E-state index is 12.4. The summed E-state index contributed by atoms with van der Waals surface area (Å²) >= 11 is 11.9. The van der Waals surface area contributed by atoms with Crippen LogP contribution in [0.15, 0.2) is 41.2 Å². The molecule has 1 aromatic heterocycles. The molecule has 0 unspecified atom stereocenters. The van der Waals surface area contributed by atoms with Crippen LogP contribution in [0.1, 0.15) is 15.9 Å². The van der Waals surface area contributed by atoms with Crippen LogP contribution in [0.2, 0.25) is 10.0 Å². The number of imidazole rings is 1. The first-order chi connectivity index (χ1) is 9.54. The molecule has 0 spiro atoms. The zero-order valence-corrected chi connectivity index (χ0v) is 11.5. The summed E-state index contributed by atoms with van der Waals surface area (Å²) < 4.78 is 0. The summed E-state index contributed by atoms with van der Waals surface area (Å²) in [6.45, 7) is 0. The van der Waals surface area contributed by atoms with Crippen LogP contribution in [0.3, 0.4) is 0 Å². The largest absolute Gasteiger partial charge is 0.323 e. The molecule has 0 amide bonds. The maximum Gasteiger partial charge on any atom is 0.323 e. The molecule has 0 atom stereocenters. The second kappa shape index (κ2) is 4.81. The van der Waals surface area contributed by atoms with Crippen molar-refractivity contribution in [3.63, 3.8) is 0 Å². The van der Waals surface area contributed by atoms with E-state index in [1.807, 2.05) is 0 Å². The molecule has 2 N–H and O–H groups in total. The summed E-state index contributed by atoms with van der Waals surface area (Å²) in [6.07, 6.45) is 0. The van der Waals surface area contributed by atoms with Crippen LogP contribution in [0.25, 0.3) is 11.0 Å². The van der Waals surface area contributed by atoms with Gasteiger partial charge in [-0.25, -0.2) is 4.79 Å². The van der Waals surface area contributed by atoms with Crippen molar-refractivity contribution in [3.8, 4) is 0 Å². The van der Waals surface area contributed by atoms with Gasteiger partial charge in [-0.1, -0.05) is 23.2 Å². The van der Waals surface area contributed by atoms with E-state index < -0.39 is 0 Å². The van der Waals surface area contributed by atoms with E-state index in [-0.39, 0.29) is 11.5 Å². The van der Waals surface area contributed by atoms with Gasteiger partial charge in [-0.3, -0.25) is 4.79 Å². The van der Waals surface area contributed by atoms with Crippen molar-refractivity contribution in [2.75, 3.05) is 0 Å². The van der Waals surface area contributed by atoms with E-state index >= 15 is 0 Å². The number of nitrogens with one attached hydrogen (secondary N) is 2. The van der Waals surface area contributed by atoms with Crippen LogP contribution >= 0.6 is 23.2 Å². The highest BCUT2D eigenvalue weighted by Gasteiger charge is 2.14. The fraction of sp³-hybridized carbons (Fsp3) is 0. The SMILES string of the molecule is O=C(c1ccc2[nH]c(=O)[nH]c2c1)c1cc(Cl)ccc1Cl. The van der Waals surface area contributed by atoms with Gasteiger partial charge in [0.05, 0.1) is 16.1 Å². The minimum Gasteiger partial charge on any atom is -0.306 e. The first-order valence-corrected chi connectivity index (χ1v) is 6.52. The van der Waals surface area contributed by atoms with Crippen LogP contribution in [-0.4, -0.2) is 15.8 Å². The average Bonchev–Trinajstić information content (AvgIpc) is 2.79. The van der Waals surface area contributed by atoms with E-state index in [1.54, 1.807) is 30.3 Å². The molecule has 0 bridgehead atoms. The number of hydrogen-bond donors (Lipinski definition) is 2. The molecule has 0 aliphatic rings. The lowest BCUT2D eigenvalue weighted by molar-refractivity contribution is 0.103. The van der Waals surface area contributed by atoms with E-state index in [4.69, 9.17) is 23.2 Å². The number of rotatable bonds is 2. The number of H-pyrrole nitrogens is 2. The summed E-state index contributed by atoms with van der Waals surface area (Å²) in [4.78, 5) is 28.9. The third-order valence-corrected chi connectivity index (χ3v) is 3.52. The van der Waals surface area contributed by atoms with Gasteiger partial charge in [0.25, 0.3) is 0 Å². The van der Waals surface area contributed by atoms with Gasteiger partial charge in [0.2, 0.25) is 0 Å². The molecule has 4 nitrogen and oxygen atoms in total. The highest BCUT2D eigenvalue weighted by molar-refractivity contribution is 6.36. The topological polar surface area (TPSA) is 65.7 Å². The molecule has 0 radical (unpaired) electrons. The number of fused-ring (bicyclic) bond motifs is 1. The van der Waals surface area contributed by atoms with Crippen LogP contribution in [0, 0.1) is 0 Å². The van der Waals surface area contributed by atoms with Crippen LogP contribution in [0.4, 0.5) is 0 Å². The number of hydrogen-bond acceptors (Lipinski definition) is 2. The van der Waals surface area contributed by atoms with Gasteiger partial charge < -0.3 is 9.97 Å². The fourth-order valence-electron chi connectivity index (χ4n) is 2.00. The molecule has 3 rings (SSSR count). The molecular formula is C14H8Cl2N2O2. The van der Waals surface area contributed by atoms with Crippen molar-refractivity contribution >= 4 is 40.0 Å². The van der Waals surface area contributed by atoms with Gasteiger partial charge in [0, 0.05) is 16.1 Å². The highest BCUT2D eigenvalue weighted by atomic mass is 35.5. The smallest absolute Gasteiger partial charge is 0.306 e. The van der Waals surface area contributed by atoms with E-state index in [0.717, 1.165) is 0 Å². The molecule has 1 heterocycles. The van der Waals surface area contributed by atoms with Crippen molar-refractivity contribution in [1.82, 2.24) is 9.97 Å². The van der Waals surface area contributed by atoms with Crippen molar-refractivity contribution in [2.24, 2.45) is 0 Å². The predicted molar refractivity (Wildman–Crippen MR) is 78.8 cm³/mol. The summed E-state index contributed by atoms with van der Waals surface area (Å²) in [5.41, 5.74) is 1.65. The second-order valence-corrected chi connectivity index (χ2v) is 5.14. The van der Waals surface area contributed by atoms with Gasteiger partial charge in [-0.2, -0.15) is 0 Å². The zero-order valence-electron chi connectivity index (χ0n) is 10.0. The number of halogens is 2. The van der Waals surface area contributed by atoms with Gasteiger partial charge in [-0.15, -0.1) is 0 Å². The number of ketones is 1. The van der Waals surface area contributed by atoms with E-state index in [9.17, 15) is 9.59 Å².